The molecule has 0 unspecified atom stereocenters. The van der Waals surface area contributed by atoms with Gasteiger partial charge in [-0.3, -0.25) is 5.10 Å². The summed E-state index contributed by atoms with van der Waals surface area (Å²) in [7, 11) is 0. The quantitative estimate of drug-likeness (QED) is 0.742. The van der Waals surface area contributed by atoms with Crippen molar-refractivity contribution < 1.29 is 0 Å². The second kappa shape index (κ2) is 5.44. The Morgan fingerprint density at radius 2 is 2.28 bits per heavy atom. The molecule has 0 spiro atoms. The lowest BCUT2D eigenvalue weighted by atomic mass is 9.86. The molecular formula is C17H22N8. The molecule has 8 heteroatoms. The van der Waals surface area contributed by atoms with Crippen molar-refractivity contribution in [3.8, 4) is 11.3 Å². The van der Waals surface area contributed by atoms with Crippen LogP contribution in [0.3, 0.4) is 0 Å². The van der Waals surface area contributed by atoms with Crippen LogP contribution in [0.25, 0.3) is 16.9 Å². The zero-order valence-corrected chi connectivity index (χ0v) is 14.5. The summed E-state index contributed by atoms with van der Waals surface area (Å²) >= 11 is 0. The van der Waals surface area contributed by atoms with Crippen LogP contribution in [0.1, 0.15) is 33.1 Å². The summed E-state index contributed by atoms with van der Waals surface area (Å²) in [5, 5.41) is 14.9. The van der Waals surface area contributed by atoms with Gasteiger partial charge in [-0.05, 0) is 32.1 Å². The van der Waals surface area contributed by atoms with Gasteiger partial charge in [-0.1, -0.05) is 6.92 Å². The third kappa shape index (κ3) is 2.27. The predicted octanol–water partition coefficient (Wildman–Crippen LogP) is 2.32. The molecule has 3 aliphatic rings. The van der Waals surface area contributed by atoms with Gasteiger partial charge < -0.3 is 10.2 Å². The Balaban J connectivity index is 1.66. The second-order valence-corrected chi connectivity index (χ2v) is 7.23. The molecule has 6 rings (SSSR count). The van der Waals surface area contributed by atoms with Gasteiger partial charge in [0.25, 0.3) is 0 Å². The van der Waals surface area contributed by atoms with E-state index in [0.29, 0.717) is 18.0 Å². The van der Waals surface area contributed by atoms with E-state index in [1.165, 1.54) is 12.8 Å². The van der Waals surface area contributed by atoms with Gasteiger partial charge in [0.05, 0.1) is 6.20 Å². The summed E-state index contributed by atoms with van der Waals surface area (Å²) in [5.74, 6) is 1.47. The van der Waals surface area contributed by atoms with Gasteiger partial charge in [-0.15, -0.1) is 5.10 Å². The van der Waals surface area contributed by atoms with Crippen LogP contribution in [0.4, 0.5) is 11.6 Å². The summed E-state index contributed by atoms with van der Waals surface area (Å²) in [4.78, 5) is 12.0. The lowest BCUT2D eigenvalue weighted by molar-refractivity contribution is 0.381. The average molecular weight is 338 g/mol. The molecule has 8 nitrogen and oxygen atoms in total. The Kier molecular flexibility index (Phi) is 3.19. The highest BCUT2D eigenvalue weighted by Gasteiger charge is 2.44. The molecule has 3 fully saturated rings. The Morgan fingerprint density at radius 1 is 1.40 bits per heavy atom. The van der Waals surface area contributed by atoms with E-state index in [4.69, 9.17) is 9.97 Å². The zero-order valence-electron chi connectivity index (χ0n) is 14.5. The molecule has 5 heterocycles. The summed E-state index contributed by atoms with van der Waals surface area (Å²) in [5.41, 5.74) is 3.86. The SMILES string of the molecule is CC[C@@H](C)Nc1nc2c(N3CC4CC3C4)c(-c3cn[nH]c3)ncn2n1. The van der Waals surface area contributed by atoms with Gasteiger partial charge in [-0.25, -0.2) is 4.98 Å². The fourth-order valence-electron chi connectivity index (χ4n) is 3.89. The van der Waals surface area contributed by atoms with Gasteiger partial charge >= 0.3 is 0 Å². The highest BCUT2D eigenvalue weighted by Crippen LogP contribution is 2.46. The molecule has 2 N–H and O–H groups in total. The number of nitrogens with zero attached hydrogens (tertiary/aromatic N) is 6. The van der Waals surface area contributed by atoms with Crippen LogP contribution in [0.15, 0.2) is 18.7 Å². The first kappa shape index (κ1) is 14.7. The van der Waals surface area contributed by atoms with Gasteiger partial charge in [-0.2, -0.15) is 14.6 Å². The molecule has 2 bridgehead atoms. The number of H-pyrrole nitrogens is 1. The minimum Gasteiger partial charge on any atom is -0.363 e. The normalized spacial score (nSPS) is 23.0. The predicted molar refractivity (Wildman–Crippen MR) is 95.6 cm³/mol. The highest BCUT2D eigenvalue weighted by molar-refractivity contribution is 5.85. The number of aromatic nitrogens is 6. The van der Waals surface area contributed by atoms with Crippen LogP contribution < -0.4 is 10.2 Å². The molecular weight excluding hydrogens is 316 g/mol. The van der Waals surface area contributed by atoms with E-state index in [1.807, 2.05) is 12.4 Å². The lowest BCUT2D eigenvalue weighted by Gasteiger charge is -2.28. The summed E-state index contributed by atoms with van der Waals surface area (Å²) < 4.78 is 1.79. The first-order chi connectivity index (χ1) is 12.2. The minimum atomic E-state index is 0.335. The highest BCUT2D eigenvalue weighted by atomic mass is 15.4. The van der Waals surface area contributed by atoms with E-state index >= 15 is 0 Å². The van der Waals surface area contributed by atoms with E-state index in [-0.39, 0.29) is 0 Å². The number of fused-ring (bicyclic) bond motifs is 2. The van der Waals surface area contributed by atoms with E-state index in [1.54, 1.807) is 10.8 Å². The van der Waals surface area contributed by atoms with Crippen LogP contribution >= 0.6 is 0 Å². The first-order valence-electron chi connectivity index (χ1n) is 9.00. The fraction of sp³-hybridized carbons (Fsp3) is 0.529. The van der Waals surface area contributed by atoms with Crippen molar-refractivity contribution >= 4 is 17.3 Å². The third-order valence-electron chi connectivity index (χ3n) is 5.52. The van der Waals surface area contributed by atoms with E-state index in [2.05, 4.69) is 39.4 Å². The van der Waals surface area contributed by atoms with Gasteiger partial charge in [0.15, 0.2) is 5.65 Å². The van der Waals surface area contributed by atoms with Crippen molar-refractivity contribution in [3.05, 3.63) is 18.7 Å². The molecule has 130 valence electrons. The number of aromatic amines is 1. The number of nitrogens with one attached hydrogen (secondary N) is 2. The maximum absolute atomic E-state index is 4.80. The largest absolute Gasteiger partial charge is 0.363 e. The monoisotopic (exact) mass is 338 g/mol. The van der Waals surface area contributed by atoms with Crippen molar-refractivity contribution in [1.82, 2.24) is 29.8 Å². The number of hydrogen-bond acceptors (Lipinski definition) is 6. The van der Waals surface area contributed by atoms with Crippen molar-refractivity contribution in [2.45, 2.75) is 45.2 Å². The summed E-state index contributed by atoms with van der Waals surface area (Å²) in [6.07, 6.45) is 9.03. The molecule has 0 radical (unpaired) electrons. The molecule has 1 aliphatic carbocycles. The summed E-state index contributed by atoms with van der Waals surface area (Å²) in [6, 6.07) is 0.938. The fourth-order valence-corrected chi connectivity index (χ4v) is 3.89. The van der Waals surface area contributed by atoms with Crippen LogP contribution in [0.2, 0.25) is 0 Å². The molecule has 2 aliphatic heterocycles. The molecule has 3 aromatic rings. The van der Waals surface area contributed by atoms with E-state index < -0.39 is 0 Å². The van der Waals surface area contributed by atoms with Crippen molar-refractivity contribution in [2.75, 3.05) is 16.8 Å². The maximum atomic E-state index is 4.80. The third-order valence-corrected chi connectivity index (χ3v) is 5.52. The van der Waals surface area contributed by atoms with Gasteiger partial charge in [0.1, 0.15) is 17.7 Å². The van der Waals surface area contributed by atoms with Crippen molar-refractivity contribution in [1.29, 1.82) is 0 Å². The van der Waals surface area contributed by atoms with Crippen molar-refractivity contribution in [3.63, 3.8) is 0 Å². The summed E-state index contributed by atoms with van der Waals surface area (Å²) in [6.45, 7) is 5.36. The second-order valence-electron chi connectivity index (χ2n) is 7.23. The maximum Gasteiger partial charge on any atom is 0.243 e. The van der Waals surface area contributed by atoms with Gasteiger partial charge in [0.2, 0.25) is 5.95 Å². The van der Waals surface area contributed by atoms with Crippen LogP contribution in [0, 0.1) is 5.92 Å². The zero-order chi connectivity index (χ0) is 17.0. The molecule has 1 atom stereocenters. The van der Waals surface area contributed by atoms with Crippen molar-refractivity contribution in [2.24, 2.45) is 5.92 Å². The van der Waals surface area contributed by atoms with Gasteiger partial charge in [0, 0.05) is 30.4 Å². The van der Waals surface area contributed by atoms with E-state index in [0.717, 1.165) is 41.5 Å². The minimum absolute atomic E-state index is 0.335. The van der Waals surface area contributed by atoms with E-state index in [9.17, 15) is 0 Å². The number of anilines is 2. The Morgan fingerprint density at radius 3 is 2.96 bits per heavy atom. The number of rotatable bonds is 5. The molecule has 0 amide bonds. The molecule has 0 aromatic carbocycles. The number of hydrogen-bond donors (Lipinski definition) is 2. The topological polar surface area (TPSA) is 87.0 Å². The van der Waals surface area contributed by atoms with Crippen LogP contribution in [-0.2, 0) is 0 Å². The Labute approximate surface area is 145 Å². The molecule has 3 aromatic heterocycles. The lowest BCUT2D eigenvalue weighted by Crippen LogP contribution is -2.29. The van der Waals surface area contributed by atoms with Crippen LogP contribution in [0.5, 0.6) is 0 Å². The molecule has 2 saturated heterocycles. The Bertz CT molecular complexity index is 893. The Hall–Kier alpha value is -2.64. The average Bonchev–Trinajstić information content (AvgIpc) is 3.34. The molecule has 25 heavy (non-hydrogen) atoms. The van der Waals surface area contributed by atoms with Crippen LogP contribution in [-0.4, -0.2) is 48.4 Å². The standard InChI is InChI=1S/C17H22N8/c1-3-10(2)21-17-22-16-15(24-8-11-4-13(24)5-11)14(12-6-19-20-7-12)18-9-25(16)23-17/h6-7,9-11,13H,3-5,8H2,1-2H3,(H,19,20)(H,21,23)/t10-,11?,13?/m1/s1. The molecule has 1 saturated carbocycles. The first-order valence-corrected chi connectivity index (χ1v) is 9.00. The smallest absolute Gasteiger partial charge is 0.243 e.